The Kier molecular flexibility index (Phi) is 5.58. The number of ether oxygens (including phenoxy) is 1. The fourth-order valence-electron chi connectivity index (χ4n) is 2.28. The third kappa shape index (κ3) is 4.04. The summed E-state index contributed by atoms with van der Waals surface area (Å²) in [7, 11) is 1.84. The molecule has 1 aliphatic rings. The van der Waals surface area contributed by atoms with Crippen molar-refractivity contribution in [3.63, 3.8) is 0 Å². The average molecular weight is 278 g/mol. The molecule has 0 N–H and O–H groups in total. The molecule has 0 saturated carbocycles. The first-order chi connectivity index (χ1) is 7.13. The quantitative estimate of drug-likeness (QED) is 0.717. The van der Waals surface area contributed by atoms with Gasteiger partial charge in [0.1, 0.15) is 0 Å². The van der Waals surface area contributed by atoms with Crippen molar-refractivity contribution < 1.29 is 4.74 Å². The van der Waals surface area contributed by atoms with Gasteiger partial charge >= 0.3 is 0 Å². The molecule has 0 aromatic heterocycles. The molecule has 1 heterocycles. The highest BCUT2D eigenvalue weighted by Crippen LogP contribution is 2.24. The summed E-state index contributed by atoms with van der Waals surface area (Å²) in [5.41, 5.74) is 0.0862. The molecule has 0 aromatic carbocycles. The lowest BCUT2D eigenvalue weighted by Gasteiger charge is -2.40. The van der Waals surface area contributed by atoms with Gasteiger partial charge < -0.3 is 9.64 Å². The maximum atomic E-state index is 5.60. The van der Waals surface area contributed by atoms with E-state index in [2.05, 4.69) is 34.7 Å². The van der Waals surface area contributed by atoms with Crippen molar-refractivity contribution in [2.24, 2.45) is 5.92 Å². The number of alkyl halides is 1. The van der Waals surface area contributed by atoms with Gasteiger partial charge in [0.2, 0.25) is 0 Å². The van der Waals surface area contributed by atoms with E-state index in [0.29, 0.717) is 0 Å². The van der Waals surface area contributed by atoms with Gasteiger partial charge in [0.05, 0.1) is 5.60 Å². The zero-order chi connectivity index (χ0) is 11.3. The molecule has 1 fully saturated rings. The van der Waals surface area contributed by atoms with Gasteiger partial charge in [-0.15, -0.1) is 0 Å². The minimum absolute atomic E-state index is 0.0862. The summed E-state index contributed by atoms with van der Waals surface area (Å²) in [6, 6.07) is 0. The van der Waals surface area contributed by atoms with Crippen molar-refractivity contribution >= 4 is 15.9 Å². The van der Waals surface area contributed by atoms with Crippen molar-refractivity contribution in [1.29, 1.82) is 0 Å². The van der Waals surface area contributed by atoms with Crippen LogP contribution in [-0.4, -0.2) is 42.6 Å². The van der Waals surface area contributed by atoms with Crippen LogP contribution in [0.4, 0.5) is 0 Å². The highest BCUT2D eigenvalue weighted by Gasteiger charge is 2.31. The Balaban J connectivity index is 2.42. The molecule has 0 spiro atoms. The fraction of sp³-hybridized carbons (Fsp3) is 1.00. The second kappa shape index (κ2) is 6.21. The van der Waals surface area contributed by atoms with E-state index in [1.807, 2.05) is 7.11 Å². The van der Waals surface area contributed by atoms with Gasteiger partial charge in [0, 0.05) is 25.5 Å². The normalized spacial score (nSPS) is 30.4. The number of likely N-dealkylation sites (tertiary alicyclic amines) is 1. The van der Waals surface area contributed by atoms with E-state index in [-0.39, 0.29) is 5.60 Å². The number of nitrogens with zero attached hydrogens (tertiary/aromatic N) is 1. The lowest BCUT2D eigenvalue weighted by Crippen LogP contribution is -2.48. The van der Waals surface area contributed by atoms with Crippen molar-refractivity contribution in [2.45, 2.75) is 38.7 Å². The molecule has 0 aliphatic carbocycles. The first kappa shape index (κ1) is 13.5. The molecule has 90 valence electrons. The van der Waals surface area contributed by atoms with E-state index in [1.165, 1.54) is 32.4 Å². The van der Waals surface area contributed by atoms with Crippen LogP contribution in [0, 0.1) is 5.92 Å². The Morgan fingerprint density at radius 2 is 2.27 bits per heavy atom. The van der Waals surface area contributed by atoms with Gasteiger partial charge in [-0.05, 0) is 32.2 Å². The Morgan fingerprint density at radius 3 is 2.80 bits per heavy atom. The number of hydrogen-bond acceptors (Lipinski definition) is 2. The van der Waals surface area contributed by atoms with Crippen LogP contribution in [0.3, 0.4) is 0 Å². The van der Waals surface area contributed by atoms with Gasteiger partial charge in [-0.25, -0.2) is 0 Å². The third-order valence-corrected chi connectivity index (χ3v) is 4.46. The van der Waals surface area contributed by atoms with Crippen LogP contribution in [0.2, 0.25) is 0 Å². The van der Waals surface area contributed by atoms with E-state index in [4.69, 9.17) is 4.74 Å². The monoisotopic (exact) mass is 277 g/mol. The van der Waals surface area contributed by atoms with Gasteiger partial charge in [0.15, 0.2) is 0 Å². The first-order valence-corrected chi connectivity index (χ1v) is 7.09. The molecule has 2 atom stereocenters. The van der Waals surface area contributed by atoms with Crippen molar-refractivity contribution in [3.8, 4) is 0 Å². The SMILES string of the molecule is CCC(CBr)CN1CCCC(C)(OC)C1. The minimum Gasteiger partial charge on any atom is -0.377 e. The van der Waals surface area contributed by atoms with Crippen LogP contribution in [0.1, 0.15) is 33.1 Å². The molecule has 15 heavy (non-hydrogen) atoms. The Morgan fingerprint density at radius 1 is 1.53 bits per heavy atom. The third-order valence-electron chi connectivity index (χ3n) is 3.54. The molecular formula is C12H24BrNO. The van der Waals surface area contributed by atoms with Crippen molar-refractivity contribution in [1.82, 2.24) is 4.90 Å². The summed E-state index contributed by atoms with van der Waals surface area (Å²) in [6.45, 7) is 8.04. The zero-order valence-electron chi connectivity index (χ0n) is 10.3. The first-order valence-electron chi connectivity index (χ1n) is 5.97. The maximum absolute atomic E-state index is 5.60. The molecule has 1 saturated heterocycles. The predicted molar refractivity (Wildman–Crippen MR) is 68.7 cm³/mol. The zero-order valence-corrected chi connectivity index (χ0v) is 11.8. The number of halogens is 1. The van der Waals surface area contributed by atoms with Crippen LogP contribution in [-0.2, 0) is 4.74 Å². The van der Waals surface area contributed by atoms with Crippen molar-refractivity contribution in [3.05, 3.63) is 0 Å². The Bertz CT molecular complexity index is 184. The smallest absolute Gasteiger partial charge is 0.0777 e. The van der Waals surface area contributed by atoms with E-state index in [1.54, 1.807) is 0 Å². The summed E-state index contributed by atoms with van der Waals surface area (Å²) in [5, 5.41) is 1.11. The van der Waals surface area contributed by atoms with E-state index in [9.17, 15) is 0 Å². The van der Waals surface area contributed by atoms with Crippen LogP contribution in [0.5, 0.6) is 0 Å². The van der Waals surface area contributed by atoms with Crippen LogP contribution in [0.15, 0.2) is 0 Å². The number of methoxy groups -OCH3 is 1. The summed E-state index contributed by atoms with van der Waals surface area (Å²) in [6.07, 6.45) is 3.72. The average Bonchev–Trinajstić information content (AvgIpc) is 2.26. The fourth-order valence-corrected chi connectivity index (χ4v) is 2.94. The highest BCUT2D eigenvalue weighted by molar-refractivity contribution is 9.09. The van der Waals surface area contributed by atoms with Gasteiger partial charge in [-0.3, -0.25) is 0 Å². The standard InChI is InChI=1S/C12H24BrNO/c1-4-11(8-13)9-14-7-5-6-12(2,10-14)15-3/h11H,4-10H2,1-3H3. The molecule has 1 rings (SSSR count). The molecule has 0 radical (unpaired) electrons. The van der Waals surface area contributed by atoms with Crippen LogP contribution >= 0.6 is 15.9 Å². The number of piperidine rings is 1. The number of hydrogen-bond donors (Lipinski definition) is 0. The molecule has 0 aromatic rings. The van der Waals surface area contributed by atoms with Gasteiger partial charge in [-0.2, -0.15) is 0 Å². The molecule has 0 bridgehead atoms. The van der Waals surface area contributed by atoms with Crippen LogP contribution in [0.25, 0.3) is 0 Å². The highest BCUT2D eigenvalue weighted by atomic mass is 79.9. The topological polar surface area (TPSA) is 12.5 Å². The molecule has 0 amide bonds. The second-order valence-electron chi connectivity index (χ2n) is 4.92. The summed E-state index contributed by atoms with van der Waals surface area (Å²) in [4.78, 5) is 2.56. The Labute approximate surface area is 102 Å². The van der Waals surface area contributed by atoms with Gasteiger partial charge in [-0.1, -0.05) is 29.3 Å². The summed E-state index contributed by atoms with van der Waals surface area (Å²) in [5.74, 6) is 0.782. The molecule has 1 aliphatic heterocycles. The lowest BCUT2D eigenvalue weighted by atomic mass is 9.94. The molecule has 2 nitrogen and oxygen atoms in total. The minimum atomic E-state index is 0.0862. The maximum Gasteiger partial charge on any atom is 0.0777 e. The number of rotatable bonds is 5. The van der Waals surface area contributed by atoms with Gasteiger partial charge in [0.25, 0.3) is 0 Å². The largest absolute Gasteiger partial charge is 0.377 e. The molecule has 2 unspecified atom stereocenters. The summed E-state index contributed by atoms with van der Waals surface area (Å²) >= 11 is 3.59. The summed E-state index contributed by atoms with van der Waals surface area (Å²) < 4.78 is 5.60. The van der Waals surface area contributed by atoms with E-state index >= 15 is 0 Å². The predicted octanol–water partition coefficient (Wildman–Crippen LogP) is 2.91. The van der Waals surface area contributed by atoms with Crippen LogP contribution < -0.4 is 0 Å². The van der Waals surface area contributed by atoms with Crippen molar-refractivity contribution in [2.75, 3.05) is 32.1 Å². The molecule has 3 heteroatoms. The van der Waals surface area contributed by atoms with E-state index < -0.39 is 0 Å². The molecular weight excluding hydrogens is 254 g/mol. The van der Waals surface area contributed by atoms with E-state index in [0.717, 1.165) is 17.8 Å². The Hall–Kier alpha value is 0.400. The lowest BCUT2D eigenvalue weighted by molar-refractivity contribution is -0.0531. The second-order valence-corrected chi connectivity index (χ2v) is 5.57.